The van der Waals surface area contributed by atoms with Gasteiger partial charge in [0.1, 0.15) is 11.4 Å². The minimum Gasteiger partial charge on any atom is -0.508 e. The van der Waals surface area contributed by atoms with Gasteiger partial charge in [-0.1, -0.05) is 6.07 Å². The van der Waals surface area contributed by atoms with Gasteiger partial charge >= 0.3 is 5.97 Å². The minimum atomic E-state index is -1.14. The standard InChI is InChI=1S/C15H14N2O4/c1-2-17(11-4-3-5-12(18)8-11)14(19)10-6-7-13(15(20)21)16-9-10/h3-9,18H,2H2,1H3,(H,20,21). The van der Waals surface area contributed by atoms with Gasteiger partial charge in [-0.3, -0.25) is 4.79 Å². The average Bonchev–Trinajstić information content (AvgIpc) is 2.48. The molecule has 0 unspecified atom stereocenters. The number of aromatic carboxylic acids is 1. The van der Waals surface area contributed by atoms with Crippen molar-refractivity contribution in [2.24, 2.45) is 0 Å². The summed E-state index contributed by atoms with van der Waals surface area (Å²) in [6, 6.07) is 9.06. The number of aromatic hydroxyl groups is 1. The zero-order chi connectivity index (χ0) is 15.4. The number of phenolic OH excluding ortho intramolecular Hbond substituents is 1. The third kappa shape index (κ3) is 3.17. The number of carboxylic acids is 1. The lowest BCUT2D eigenvalue weighted by Crippen LogP contribution is -2.30. The van der Waals surface area contributed by atoms with E-state index >= 15 is 0 Å². The second-order valence-corrected chi connectivity index (χ2v) is 4.31. The Bertz CT molecular complexity index is 668. The Balaban J connectivity index is 2.30. The highest BCUT2D eigenvalue weighted by atomic mass is 16.4. The predicted molar refractivity (Wildman–Crippen MR) is 76.7 cm³/mol. The van der Waals surface area contributed by atoms with Gasteiger partial charge in [0, 0.05) is 24.5 Å². The summed E-state index contributed by atoms with van der Waals surface area (Å²) >= 11 is 0. The second-order valence-electron chi connectivity index (χ2n) is 4.31. The smallest absolute Gasteiger partial charge is 0.354 e. The minimum absolute atomic E-state index is 0.0677. The third-order valence-electron chi connectivity index (χ3n) is 2.93. The molecule has 0 saturated heterocycles. The summed E-state index contributed by atoms with van der Waals surface area (Å²) in [4.78, 5) is 28.4. The van der Waals surface area contributed by atoms with Crippen LogP contribution >= 0.6 is 0 Å². The van der Waals surface area contributed by atoms with Crippen LogP contribution in [0, 0.1) is 0 Å². The van der Waals surface area contributed by atoms with E-state index in [4.69, 9.17) is 5.11 Å². The Labute approximate surface area is 121 Å². The van der Waals surface area contributed by atoms with E-state index in [0.29, 0.717) is 12.2 Å². The molecular formula is C15H14N2O4. The van der Waals surface area contributed by atoms with E-state index in [9.17, 15) is 14.7 Å². The van der Waals surface area contributed by atoms with Gasteiger partial charge in [0.05, 0.1) is 5.56 Å². The summed E-state index contributed by atoms with van der Waals surface area (Å²) in [5.41, 5.74) is 0.724. The van der Waals surface area contributed by atoms with Crippen LogP contribution < -0.4 is 4.90 Å². The number of anilines is 1. The molecule has 0 radical (unpaired) electrons. The van der Waals surface area contributed by atoms with Gasteiger partial charge < -0.3 is 15.1 Å². The summed E-state index contributed by atoms with van der Waals surface area (Å²) < 4.78 is 0. The second kappa shape index (κ2) is 6.04. The Morgan fingerprint density at radius 3 is 2.52 bits per heavy atom. The van der Waals surface area contributed by atoms with Crippen molar-refractivity contribution in [3.05, 3.63) is 53.9 Å². The maximum atomic E-state index is 12.4. The van der Waals surface area contributed by atoms with E-state index in [1.54, 1.807) is 19.1 Å². The molecule has 0 aliphatic rings. The Kier molecular flexibility index (Phi) is 4.18. The number of hydrogen-bond acceptors (Lipinski definition) is 4. The zero-order valence-electron chi connectivity index (χ0n) is 11.4. The SMILES string of the molecule is CCN(C(=O)c1ccc(C(=O)O)nc1)c1cccc(O)c1. The Hall–Kier alpha value is -2.89. The van der Waals surface area contributed by atoms with Crippen LogP contribution in [-0.2, 0) is 0 Å². The molecule has 2 aromatic rings. The van der Waals surface area contributed by atoms with Gasteiger partial charge in [-0.05, 0) is 31.2 Å². The van der Waals surface area contributed by atoms with E-state index in [2.05, 4.69) is 4.98 Å². The molecule has 21 heavy (non-hydrogen) atoms. The first kappa shape index (κ1) is 14.5. The van der Waals surface area contributed by atoms with E-state index in [0.717, 1.165) is 0 Å². The highest BCUT2D eigenvalue weighted by molar-refractivity contribution is 6.06. The summed E-state index contributed by atoms with van der Waals surface area (Å²) in [6.45, 7) is 2.21. The summed E-state index contributed by atoms with van der Waals surface area (Å²) in [5.74, 6) is -1.39. The molecular weight excluding hydrogens is 272 g/mol. The fraction of sp³-hybridized carbons (Fsp3) is 0.133. The van der Waals surface area contributed by atoms with Crippen molar-refractivity contribution < 1.29 is 19.8 Å². The molecule has 0 aliphatic carbocycles. The lowest BCUT2D eigenvalue weighted by molar-refractivity contribution is 0.0690. The number of benzene rings is 1. The van der Waals surface area contributed by atoms with Crippen molar-refractivity contribution in [2.45, 2.75) is 6.92 Å². The van der Waals surface area contributed by atoms with Crippen molar-refractivity contribution in [1.29, 1.82) is 0 Å². The largest absolute Gasteiger partial charge is 0.508 e. The molecule has 0 atom stereocenters. The molecule has 0 spiro atoms. The fourth-order valence-corrected chi connectivity index (χ4v) is 1.91. The average molecular weight is 286 g/mol. The van der Waals surface area contributed by atoms with Crippen molar-refractivity contribution >= 4 is 17.6 Å². The lowest BCUT2D eigenvalue weighted by Gasteiger charge is -2.21. The molecule has 108 valence electrons. The van der Waals surface area contributed by atoms with Crippen LogP contribution in [0.2, 0.25) is 0 Å². The quantitative estimate of drug-likeness (QED) is 0.898. The van der Waals surface area contributed by atoms with Gasteiger partial charge in [-0.2, -0.15) is 0 Å². The van der Waals surface area contributed by atoms with E-state index < -0.39 is 5.97 Å². The van der Waals surface area contributed by atoms with Crippen LogP contribution in [-0.4, -0.2) is 33.6 Å². The van der Waals surface area contributed by atoms with Crippen LogP contribution in [0.25, 0.3) is 0 Å². The topological polar surface area (TPSA) is 90.7 Å². The van der Waals surface area contributed by atoms with Crippen LogP contribution in [0.15, 0.2) is 42.6 Å². The third-order valence-corrected chi connectivity index (χ3v) is 2.93. The van der Waals surface area contributed by atoms with Crippen LogP contribution in [0.1, 0.15) is 27.8 Å². The van der Waals surface area contributed by atoms with Gasteiger partial charge in [0.15, 0.2) is 0 Å². The molecule has 2 N–H and O–H groups in total. The Morgan fingerprint density at radius 2 is 2.00 bits per heavy atom. The zero-order valence-corrected chi connectivity index (χ0v) is 11.4. The number of aromatic nitrogens is 1. The number of pyridine rings is 1. The number of rotatable bonds is 4. The summed E-state index contributed by atoms with van der Waals surface area (Å²) in [6.07, 6.45) is 1.23. The van der Waals surface area contributed by atoms with Gasteiger partial charge in [-0.25, -0.2) is 9.78 Å². The fourth-order valence-electron chi connectivity index (χ4n) is 1.91. The maximum absolute atomic E-state index is 12.4. The molecule has 1 aromatic carbocycles. The number of carbonyl (C=O) groups excluding carboxylic acids is 1. The van der Waals surface area contributed by atoms with Gasteiger partial charge in [0.2, 0.25) is 0 Å². The lowest BCUT2D eigenvalue weighted by atomic mass is 10.2. The van der Waals surface area contributed by atoms with Gasteiger partial charge in [0.25, 0.3) is 5.91 Å². The first-order valence-electron chi connectivity index (χ1n) is 6.33. The number of carbonyl (C=O) groups is 2. The Morgan fingerprint density at radius 1 is 1.24 bits per heavy atom. The highest BCUT2D eigenvalue weighted by Gasteiger charge is 2.17. The van der Waals surface area contributed by atoms with Crippen molar-refractivity contribution in [1.82, 2.24) is 4.98 Å². The molecule has 1 heterocycles. The molecule has 2 rings (SSSR count). The number of hydrogen-bond donors (Lipinski definition) is 2. The van der Waals surface area contributed by atoms with E-state index in [1.807, 2.05) is 0 Å². The van der Waals surface area contributed by atoms with E-state index in [1.165, 1.54) is 35.4 Å². The molecule has 0 fully saturated rings. The molecule has 6 heteroatoms. The highest BCUT2D eigenvalue weighted by Crippen LogP contribution is 2.21. The van der Waals surface area contributed by atoms with E-state index in [-0.39, 0.29) is 22.9 Å². The van der Waals surface area contributed by atoms with Crippen molar-refractivity contribution in [2.75, 3.05) is 11.4 Å². The molecule has 6 nitrogen and oxygen atoms in total. The molecule has 1 aromatic heterocycles. The first-order valence-corrected chi connectivity index (χ1v) is 6.33. The summed E-state index contributed by atoms with van der Waals surface area (Å²) in [5, 5.41) is 18.3. The molecule has 0 bridgehead atoms. The van der Waals surface area contributed by atoms with Crippen molar-refractivity contribution in [3.63, 3.8) is 0 Å². The monoisotopic (exact) mass is 286 g/mol. The maximum Gasteiger partial charge on any atom is 0.354 e. The predicted octanol–water partition coefficient (Wildman–Crippen LogP) is 2.15. The number of amides is 1. The van der Waals surface area contributed by atoms with Crippen LogP contribution in [0.3, 0.4) is 0 Å². The number of carboxylic acid groups (broad SMARTS) is 1. The molecule has 0 saturated carbocycles. The molecule has 0 aliphatic heterocycles. The van der Waals surface area contributed by atoms with Gasteiger partial charge in [-0.15, -0.1) is 0 Å². The summed E-state index contributed by atoms with van der Waals surface area (Å²) in [7, 11) is 0. The van der Waals surface area contributed by atoms with Crippen molar-refractivity contribution in [3.8, 4) is 5.75 Å². The first-order chi connectivity index (χ1) is 10.0. The van der Waals surface area contributed by atoms with Crippen LogP contribution in [0.4, 0.5) is 5.69 Å². The molecule has 1 amide bonds. The number of nitrogens with zero attached hydrogens (tertiary/aromatic N) is 2. The van der Waals surface area contributed by atoms with Crippen LogP contribution in [0.5, 0.6) is 5.75 Å². The number of phenols is 1. The normalized spacial score (nSPS) is 10.1.